The fraction of sp³-hybridized carbons (Fsp3) is 0.250. The number of imide groups is 1. The van der Waals surface area contributed by atoms with Gasteiger partial charge in [-0.1, -0.05) is 48.5 Å². The zero-order chi connectivity index (χ0) is 27.9. The lowest BCUT2D eigenvalue weighted by Crippen LogP contribution is -2.57. The number of nitro benzene ring substituents is 1. The number of benzene rings is 3. The fourth-order valence-electron chi connectivity index (χ4n) is 6.33. The van der Waals surface area contributed by atoms with Crippen molar-refractivity contribution in [1.29, 1.82) is 0 Å². The molecule has 4 aliphatic rings. The second kappa shape index (κ2) is 8.53. The molecule has 3 amide bonds. The highest BCUT2D eigenvalue weighted by atomic mass is 35.5. The van der Waals surface area contributed by atoms with Crippen molar-refractivity contribution >= 4 is 52.3 Å². The monoisotopic (exact) mass is 565 g/mol. The molecule has 1 N–H and O–H groups in total. The molecule has 9 nitrogen and oxygen atoms in total. The van der Waals surface area contributed by atoms with Crippen molar-refractivity contribution < 1.29 is 24.0 Å². The largest absolute Gasteiger partial charge is 0.497 e. The molecule has 1 aliphatic heterocycles. The van der Waals surface area contributed by atoms with Gasteiger partial charge in [0.25, 0.3) is 5.69 Å². The molecule has 3 aromatic carbocycles. The van der Waals surface area contributed by atoms with Gasteiger partial charge in [-0.3, -0.25) is 29.4 Å². The maximum atomic E-state index is 14.0. The first-order valence-corrected chi connectivity index (χ1v) is 12.9. The lowest BCUT2D eigenvalue weighted by Gasteiger charge is -2.54. The number of nitrogens with one attached hydrogen (secondary N) is 1. The predicted molar refractivity (Wildman–Crippen MR) is 143 cm³/mol. The number of carbonyl (C=O) groups excluding carboxylic acids is 3. The van der Waals surface area contributed by atoms with Gasteiger partial charge in [0.2, 0.25) is 17.7 Å². The van der Waals surface area contributed by atoms with Gasteiger partial charge < -0.3 is 10.1 Å². The normalized spacial score (nSPS) is 26.9. The molecule has 0 unspecified atom stereocenters. The van der Waals surface area contributed by atoms with Gasteiger partial charge in [-0.05, 0) is 35.2 Å². The number of hydrogen-bond acceptors (Lipinski definition) is 6. The minimum atomic E-state index is -1.38. The van der Waals surface area contributed by atoms with Gasteiger partial charge in [0.05, 0.1) is 23.9 Å². The lowest BCUT2D eigenvalue weighted by atomic mass is 9.54. The number of nitrogens with zero attached hydrogens (tertiary/aromatic N) is 2. The van der Waals surface area contributed by atoms with Crippen LogP contribution >= 0.6 is 23.2 Å². The van der Waals surface area contributed by atoms with Gasteiger partial charge in [-0.25, -0.2) is 0 Å². The van der Waals surface area contributed by atoms with Crippen molar-refractivity contribution in [3.63, 3.8) is 0 Å². The number of rotatable bonds is 5. The number of methoxy groups -OCH3 is 1. The number of amides is 3. The Morgan fingerprint density at radius 3 is 1.82 bits per heavy atom. The average Bonchev–Trinajstić information content (AvgIpc) is 3.21. The Morgan fingerprint density at radius 2 is 1.41 bits per heavy atom. The molecule has 198 valence electrons. The molecule has 1 saturated heterocycles. The van der Waals surface area contributed by atoms with E-state index in [1.54, 1.807) is 24.3 Å². The Morgan fingerprint density at radius 1 is 0.949 bits per heavy atom. The summed E-state index contributed by atoms with van der Waals surface area (Å²) in [5, 5.41) is 14.0. The Bertz CT molecular complexity index is 1490. The topological polar surface area (TPSA) is 119 Å². The predicted octanol–water partition coefficient (Wildman–Crippen LogP) is 4.52. The summed E-state index contributed by atoms with van der Waals surface area (Å²) in [4.78, 5) is 50.4. The van der Waals surface area contributed by atoms with Crippen LogP contribution in [-0.4, -0.2) is 40.7 Å². The number of carbonyl (C=O) groups is 3. The first-order chi connectivity index (χ1) is 18.6. The van der Waals surface area contributed by atoms with E-state index in [9.17, 15) is 24.5 Å². The number of ether oxygens (including phenoxy) is 1. The molecule has 11 heteroatoms. The third-order valence-electron chi connectivity index (χ3n) is 8.04. The van der Waals surface area contributed by atoms with E-state index in [-0.39, 0.29) is 17.1 Å². The van der Waals surface area contributed by atoms with Crippen LogP contribution in [-0.2, 0) is 24.1 Å². The van der Waals surface area contributed by atoms with Crippen LogP contribution in [0.15, 0.2) is 66.7 Å². The van der Waals surface area contributed by atoms with Crippen LogP contribution in [0.4, 0.5) is 11.4 Å². The van der Waals surface area contributed by atoms with E-state index in [1.165, 1.54) is 32.2 Å². The van der Waals surface area contributed by atoms with Gasteiger partial charge >= 0.3 is 0 Å². The molecule has 1 heterocycles. The van der Waals surface area contributed by atoms with Crippen LogP contribution in [0.5, 0.6) is 5.75 Å². The van der Waals surface area contributed by atoms with Crippen molar-refractivity contribution in [2.75, 3.05) is 12.4 Å². The molecule has 0 saturated carbocycles. The smallest absolute Gasteiger partial charge is 0.293 e. The molecule has 2 bridgehead atoms. The standard InChI is InChI=1S/C28H21Cl2N3O6/c1-14(24(34)31-20-13-15(39-2)11-12-21(20)33(37)38)32-25(35)22-23(26(32)36)28(30)17-8-4-3-7-16(17)27(22,29)18-9-5-6-10-19(18)28/h3-14,22-23H,1-2H3,(H,31,34)/t14-,22-,23+,27?,28?/m1/s1. The van der Waals surface area contributed by atoms with Crippen molar-refractivity contribution in [2.45, 2.75) is 22.7 Å². The zero-order valence-corrected chi connectivity index (χ0v) is 22.2. The molecule has 3 atom stereocenters. The minimum absolute atomic E-state index is 0.129. The van der Waals surface area contributed by atoms with E-state index in [0.29, 0.717) is 22.3 Å². The maximum Gasteiger partial charge on any atom is 0.293 e. The second-order valence-corrected chi connectivity index (χ2v) is 11.0. The van der Waals surface area contributed by atoms with Gasteiger partial charge in [-0.15, -0.1) is 23.2 Å². The average molecular weight is 566 g/mol. The number of anilines is 1. The molecule has 0 spiro atoms. The van der Waals surface area contributed by atoms with Crippen LogP contribution in [0.25, 0.3) is 0 Å². The molecule has 0 aromatic heterocycles. The number of hydrogen-bond donors (Lipinski definition) is 1. The SMILES string of the molecule is COc1ccc([N+](=O)[O-])c(NC(=O)[C@@H](C)N2C(=O)[C@@H]3[C@H](C2=O)C2(Cl)c4ccccc4C3(Cl)c3ccccc32)c1. The van der Waals surface area contributed by atoms with Crippen LogP contribution in [0.1, 0.15) is 29.2 Å². The van der Waals surface area contributed by atoms with Crippen molar-refractivity contribution in [1.82, 2.24) is 4.90 Å². The van der Waals surface area contributed by atoms with E-state index >= 15 is 0 Å². The Kier molecular flexibility index (Phi) is 5.54. The maximum absolute atomic E-state index is 14.0. The summed E-state index contributed by atoms with van der Waals surface area (Å²) in [7, 11) is 1.38. The Balaban J connectivity index is 1.42. The van der Waals surface area contributed by atoms with E-state index in [0.717, 1.165) is 4.90 Å². The van der Waals surface area contributed by atoms with Crippen LogP contribution in [0.2, 0.25) is 0 Å². The number of alkyl halides is 2. The van der Waals surface area contributed by atoms with E-state index < -0.39 is 50.3 Å². The fourth-order valence-corrected chi connectivity index (χ4v) is 7.42. The molecule has 1 fully saturated rings. The molecule has 7 rings (SSSR count). The highest BCUT2D eigenvalue weighted by molar-refractivity contribution is 6.36. The first kappa shape index (κ1) is 25.3. The summed E-state index contributed by atoms with van der Waals surface area (Å²) < 4.78 is 5.12. The molecule has 3 aliphatic carbocycles. The van der Waals surface area contributed by atoms with E-state index in [2.05, 4.69) is 5.32 Å². The first-order valence-electron chi connectivity index (χ1n) is 12.1. The Labute approximate surface area is 232 Å². The van der Waals surface area contributed by atoms with Gasteiger partial charge in [0.15, 0.2) is 0 Å². The highest BCUT2D eigenvalue weighted by Gasteiger charge is 2.73. The molecule has 39 heavy (non-hydrogen) atoms. The summed E-state index contributed by atoms with van der Waals surface area (Å²) in [6, 6.07) is 17.0. The number of likely N-dealkylation sites (tertiary alicyclic amines) is 1. The number of nitro groups is 1. The van der Waals surface area contributed by atoms with E-state index in [1.807, 2.05) is 24.3 Å². The molecular formula is C28H21Cl2N3O6. The quantitative estimate of drug-likeness (QED) is 0.210. The van der Waals surface area contributed by atoms with Crippen LogP contribution < -0.4 is 10.1 Å². The van der Waals surface area contributed by atoms with E-state index in [4.69, 9.17) is 27.9 Å². The van der Waals surface area contributed by atoms with Gasteiger partial charge in [0, 0.05) is 12.1 Å². The molecule has 3 aromatic rings. The van der Waals surface area contributed by atoms with Crippen LogP contribution in [0.3, 0.4) is 0 Å². The van der Waals surface area contributed by atoms with Crippen LogP contribution in [0, 0.1) is 22.0 Å². The zero-order valence-electron chi connectivity index (χ0n) is 20.7. The highest BCUT2D eigenvalue weighted by Crippen LogP contribution is 2.69. The van der Waals surface area contributed by atoms with Crippen molar-refractivity contribution in [2.24, 2.45) is 11.8 Å². The minimum Gasteiger partial charge on any atom is -0.497 e. The third kappa shape index (κ3) is 3.17. The summed E-state index contributed by atoms with van der Waals surface area (Å²) >= 11 is 14.8. The second-order valence-electron chi connectivity index (χ2n) is 9.82. The lowest BCUT2D eigenvalue weighted by molar-refractivity contribution is -0.383. The summed E-state index contributed by atoms with van der Waals surface area (Å²) in [5.41, 5.74) is 2.09. The van der Waals surface area contributed by atoms with Gasteiger partial charge in [-0.2, -0.15) is 0 Å². The molecule has 0 radical (unpaired) electrons. The van der Waals surface area contributed by atoms with Gasteiger partial charge in [0.1, 0.15) is 27.2 Å². The van der Waals surface area contributed by atoms with Crippen molar-refractivity contribution in [3.8, 4) is 5.75 Å². The Hall–Kier alpha value is -3.95. The molecular weight excluding hydrogens is 545 g/mol. The summed E-state index contributed by atoms with van der Waals surface area (Å²) in [5.74, 6) is -3.89. The summed E-state index contributed by atoms with van der Waals surface area (Å²) in [6.45, 7) is 1.39. The summed E-state index contributed by atoms with van der Waals surface area (Å²) in [6.07, 6.45) is 0. The third-order valence-corrected chi connectivity index (χ3v) is 9.33. The number of halogens is 2. The van der Waals surface area contributed by atoms with Crippen molar-refractivity contribution in [3.05, 3.63) is 99.1 Å².